The lowest BCUT2D eigenvalue weighted by Gasteiger charge is -2.35. The van der Waals surface area contributed by atoms with Gasteiger partial charge in [0.05, 0.1) is 13.4 Å². The molecule has 0 bridgehead atoms. The molecule has 2 amide bonds. The number of furan rings is 1. The van der Waals surface area contributed by atoms with Crippen LogP contribution in [0.1, 0.15) is 21.7 Å². The van der Waals surface area contributed by atoms with Crippen molar-refractivity contribution in [2.24, 2.45) is 0 Å². The van der Waals surface area contributed by atoms with E-state index in [2.05, 4.69) is 5.32 Å². The predicted octanol–water partition coefficient (Wildman–Crippen LogP) is 3.49. The Balaban J connectivity index is 1.63. The minimum absolute atomic E-state index is 0.221. The lowest BCUT2D eigenvalue weighted by atomic mass is 9.93. The number of methoxy groups -OCH3 is 1. The summed E-state index contributed by atoms with van der Waals surface area (Å²) >= 11 is 0. The quantitative estimate of drug-likeness (QED) is 0.757. The minimum atomic E-state index is -0.640. The first-order valence-corrected chi connectivity index (χ1v) is 9.02. The van der Waals surface area contributed by atoms with Gasteiger partial charge < -0.3 is 19.4 Å². The number of benzene rings is 2. The Labute approximate surface area is 162 Å². The summed E-state index contributed by atoms with van der Waals surface area (Å²) < 4.78 is 10.5. The molecule has 142 valence electrons. The van der Waals surface area contributed by atoms with Gasteiger partial charge in [-0.25, -0.2) is 0 Å². The van der Waals surface area contributed by atoms with Crippen molar-refractivity contribution in [1.82, 2.24) is 4.90 Å². The van der Waals surface area contributed by atoms with E-state index in [9.17, 15) is 9.59 Å². The number of hydrogen-bond acceptors (Lipinski definition) is 4. The van der Waals surface area contributed by atoms with E-state index in [1.165, 1.54) is 6.26 Å². The first kappa shape index (κ1) is 17.9. The molecule has 0 aliphatic carbocycles. The number of ether oxygens (including phenoxy) is 1. The molecule has 0 spiro atoms. The van der Waals surface area contributed by atoms with Gasteiger partial charge in [0.1, 0.15) is 11.8 Å². The van der Waals surface area contributed by atoms with Gasteiger partial charge in [0.2, 0.25) is 5.91 Å². The Hall–Kier alpha value is -3.54. The van der Waals surface area contributed by atoms with Gasteiger partial charge in [0.15, 0.2) is 5.76 Å². The maximum atomic E-state index is 13.1. The van der Waals surface area contributed by atoms with Crippen molar-refractivity contribution in [2.75, 3.05) is 12.4 Å². The minimum Gasteiger partial charge on any atom is -0.497 e. The second-order valence-corrected chi connectivity index (χ2v) is 6.62. The molecule has 0 saturated heterocycles. The van der Waals surface area contributed by atoms with Crippen molar-refractivity contribution < 1.29 is 18.7 Å². The fourth-order valence-electron chi connectivity index (χ4n) is 3.44. The number of anilines is 1. The number of nitrogens with one attached hydrogen (secondary N) is 1. The van der Waals surface area contributed by atoms with Crippen LogP contribution in [0.5, 0.6) is 5.75 Å². The summed E-state index contributed by atoms with van der Waals surface area (Å²) in [5.41, 5.74) is 2.72. The van der Waals surface area contributed by atoms with Gasteiger partial charge in [0, 0.05) is 24.7 Å². The molecule has 0 radical (unpaired) electrons. The molecule has 2 aromatic carbocycles. The molecule has 2 heterocycles. The Kier molecular flexibility index (Phi) is 4.85. The molecule has 0 fully saturated rings. The number of carbonyl (C=O) groups excluding carboxylic acids is 2. The van der Waals surface area contributed by atoms with E-state index in [1.54, 1.807) is 48.4 Å². The highest BCUT2D eigenvalue weighted by Crippen LogP contribution is 2.26. The standard InChI is InChI=1S/C22H20N2O4/c1-27-18-9-4-8-17(13-18)23-21(25)19-12-15-6-2-3-7-16(15)14-24(19)22(26)20-10-5-11-28-20/h2-11,13,19H,12,14H2,1H3,(H,23,25)/t19-/m1/s1. The average molecular weight is 376 g/mol. The number of carbonyl (C=O) groups is 2. The first-order chi connectivity index (χ1) is 13.7. The molecule has 4 rings (SSSR count). The van der Waals surface area contributed by atoms with Gasteiger partial charge in [-0.3, -0.25) is 9.59 Å². The molecule has 1 N–H and O–H groups in total. The van der Waals surface area contributed by atoms with Crippen LogP contribution in [0.25, 0.3) is 0 Å². The number of rotatable bonds is 4. The van der Waals surface area contributed by atoms with E-state index in [0.29, 0.717) is 24.4 Å². The summed E-state index contributed by atoms with van der Waals surface area (Å²) in [7, 11) is 1.57. The molecule has 28 heavy (non-hydrogen) atoms. The fourth-order valence-corrected chi connectivity index (χ4v) is 3.44. The molecule has 0 saturated carbocycles. The van der Waals surface area contributed by atoms with Crippen molar-refractivity contribution in [1.29, 1.82) is 0 Å². The largest absolute Gasteiger partial charge is 0.497 e. The summed E-state index contributed by atoms with van der Waals surface area (Å²) in [6.07, 6.45) is 1.90. The highest BCUT2D eigenvalue weighted by Gasteiger charge is 2.36. The van der Waals surface area contributed by atoms with Crippen LogP contribution in [0.4, 0.5) is 5.69 Å². The summed E-state index contributed by atoms with van der Waals surface area (Å²) in [5.74, 6) is 0.321. The van der Waals surface area contributed by atoms with Gasteiger partial charge >= 0.3 is 0 Å². The lowest BCUT2D eigenvalue weighted by molar-refractivity contribution is -0.121. The molecule has 3 aromatic rings. The Morgan fingerprint density at radius 1 is 1.07 bits per heavy atom. The first-order valence-electron chi connectivity index (χ1n) is 9.02. The van der Waals surface area contributed by atoms with Crippen molar-refractivity contribution in [3.8, 4) is 5.75 Å². The zero-order valence-corrected chi connectivity index (χ0v) is 15.4. The third kappa shape index (κ3) is 3.49. The molecule has 1 aromatic heterocycles. The zero-order valence-electron chi connectivity index (χ0n) is 15.4. The molecule has 1 aliphatic heterocycles. The van der Waals surface area contributed by atoms with Crippen LogP contribution in [-0.2, 0) is 17.8 Å². The van der Waals surface area contributed by atoms with Gasteiger partial charge in [-0.15, -0.1) is 0 Å². The SMILES string of the molecule is COc1cccc(NC(=O)[C@H]2Cc3ccccc3CN2C(=O)c2ccco2)c1. The summed E-state index contributed by atoms with van der Waals surface area (Å²) in [4.78, 5) is 27.6. The van der Waals surface area contributed by atoms with Crippen molar-refractivity contribution in [3.63, 3.8) is 0 Å². The third-order valence-corrected chi connectivity index (χ3v) is 4.88. The van der Waals surface area contributed by atoms with Crippen LogP contribution >= 0.6 is 0 Å². The van der Waals surface area contributed by atoms with E-state index < -0.39 is 6.04 Å². The van der Waals surface area contributed by atoms with Crippen LogP contribution in [-0.4, -0.2) is 29.9 Å². The molecular weight excluding hydrogens is 356 g/mol. The molecular formula is C22H20N2O4. The highest BCUT2D eigenvalue weighted by molar-refractivity contribution is 6.00. The predicted molar refractivity (Wildman–Crippen MR) is 104 cm³/mol. The molecule has 6 heteroatoms. The third-order valence-electron chi connectivity index (χ3n) is 4.88. The lowest BCUT2D eigenvalue weighted by Crippen LogP contribution is -2.50. The second kappa shape index (κ2) is 7.60. The van der Waals surface area contributed by atoms with Crippen LogP contribution in [0.3, 0.4) is 0 Å². The van der Waals surface area contributed by atoms with E-state index in [-0.39, 0.29) is 17.6 Å². The molecule has 1 atom stereocenters. The van der Waals surface area contributed by atoms with Gasteiger partial charge in [-0.1, -0.05) is 30.3 Å². The van der Waals surface area contributed by atoms with Gasteiger partial charge in [-0.05, 0) is 35.4 Å². The Bertz CT molecular complexity index is 997. The van der Waals surface area contributed by atoms with E-state index in [0.717, 1.165) is 11.1 Å². The van der Waals surface area contributed by atoms with E-state index in [4.69, 9.17) is 9.15 Å². The Morgan fingerprint density at radius 3 is 2.64 bits per heavy atom. The summed E-state index contributed by atoms with van der Waals surface area (Å²) in [5, 5.41) is 2.90. The normalized spacial score (nSPS) is 15.6. The Morgan fingerprint density at radius 2 is 1.89 bits per heavy atom. The number of fused-ring (bicyclic) bond motifs is 1. The fraction of sp³-hybridized carbons (Fsp3) is 0.182. The number of amides is 2. The highest BCUT2D eigenvalue weighted by atomic mass is 16.5. The zero-order chi connectivity index (χ0) is 19.5. The number of hydrogen-bond donors (Lipinski definition) is 1. The van der Waals surface area contributed by atoms with Gasteiger partial charge in [-0.2, -0.15) is 0 Å². The van der Waals surface area contributed by atoms with E-state index in [1.807, 2.05) is 24.3 Å². The second-order valence-electron chi connectivity index (χ2n) is 6.62. The molecule has 0 unspecified atom stereocenters. The monoisotopic (exact) mass is 376 g/mol. The maximum Gasteiger partial charge on any atom is 0.290 e. The van der Waals surface area contributed by atoms with Crippen LogP contribution in [0.15, 0.2) is 71.3 Å². The number of nitrogens with zero attached hydrogens (tertiary/aromatic N) is 1. The summed E-state index contributed by atoms with van der Waals surface area (Å²) in [6, 6.07) is 17.6. The van der Waals surface area contributed by atoms with Crippen LogP contribution in [0, 0.1) is 0 Å². The molecule has 1 aliphatic rings. The average Bonchev–Trinajstić information content (AvgIpc) is 3.27. The topological polar surface area (TPSA) is 71.8 Å². The summed E-state index contributed by atoms with van der Waals surface area (Å²) in [6.45, 7) is 0.353. The van der Waals surface area contributed by atoms with Crippen LogP contribution in [0.2, 0.25) is 0 Å². The van der Waals surface area contributed by atoms with Crippen molar-refractivity contribution >= 4 is 17.5 Å². The maximum absolute atomic E-state index is 13.1. The van der Waals surface area contributed by atoms with E-state index >= 15 is 0 Å². The van der Waals surface area contributed by atoms with Gasteiger partial charge in [0.25, 0.3) is 5.91 Å². The van der Waals surface area contributed by atoms with Crippen molar-refractivity contribution in [2.45, 2.75) is 19.0 Å². The smallest absolute Gasteiger partial charge is 0.290 e. The van der Waals surface area contributed by atoms with Crippen molar-refractivity contribution in [3.05, 3.63) is 83.8 Å². The van der Waals surface area contributed by atoms with Crippen LogP contribution < -0.4 is 10.1 Å². The molecule has 6 nitrogen and oxygen atoms in total.